The van der Waals surface area contributed by atoms with Gasteiger partial charge in [-0.1, -0.05) is 23.7 Å². The molecule has 3 rings (SSSR count). The first-order valence-electron chi connectivity index (χ1n) is 12.7. The number of Topliss-reactive ketones (excluding diaryl/α,β-unsaturated/α-hetero) is 1. The molecule has 1 heterocycles. The zero-order valence-electron chi connectivity index (χ0n) is 23.7. The van der Waals surface area contributed by atoms with E-state index < -0.39 is 11.7 Å². The number of para-hydroxylation sites is 1. The lowest BCUT2D eigenvalue weighted by molar-refractivity contribution is -0.124. The smallest absolute Gasteiger partial charge is 0.294 e. The van der Waals surface area contributed by atoms with Gasteiger partial charge < -0.3 is 35.2 Å². The predicted molar refractivity (Wildman–Crippen MR) is 159 cm³/mol. The van der Waals surface area contributed by atoms with Crippen molar-refractivity contribution in [2.24, 2.45) is 0 Å². The molecule has 0 spiro atoms. The summed E-state index contributed by atoms with van der Waals surface area (Å²) in [5.74, 6) is -0.626. The molecule has 0 saturated heterocycles. The molecule has 3 aromatic rings. The topological polar surface area (TPSA) is 138 Å². The number of halogens is 1. The Morgan fingerprint density at radius 2 is 1.73 bits per heavy atom. The van der Waals surface area contributed by atoms with Gasteiger partial charge in [0.25, 0.3) is 11.7 Å². The standard InChI is InChI=1S/C28H34ClN7O5/c1-35(2)13-15-41-23-11-10-18(16-22(23)32-24(37)12-14-40-5)31-28-30-17-20(29)26(34-28)33-21-9-7-6-8-19(21)25(38)27(39)36(3)4/h6-11,16-17H,12-15H2,1-5H3,(H,32,37)(H2,30,31,33,34). The number of hydrogen-bond acceptors (Lipinski definition) is 10. The Labute approximate surface area is 244 Å². The van der Waals surface area contributed by atoms with Crippen LogP contribution in [0.25, 0.3) is 0 Å². The molecule has 218 valence electrons. The number of ether oxygens (including phenoxy) is 2. The normalized spacial score (nSPS) is 10.7. The number of methoxy groups -OCH3 is 1. The van der Waals surface area contributed by atoms with Gasteiger partial charge in [0.2, 0.25) is 11.9 Å². The van der Waals surface area contributed by atoms with Crippen molar-refractivity contribution in [2.75, 3.05) is 71.0 Å². The van der Waals surface area contributed by atoms with Crippen LogP contribution in [-0.2, 0) is 14.3 Å². The molecule has 0 aliphatic rings. The second kappa shape index (κ2) is 14.9. The van der Waals surface area contributed by atoms with E-state index in [0.717, 1.165) is 0 Å². The third kappa shape index (κ3) is 9.13. The van der Waals surface area contributed by atoms with Crippen molar-refractivity contribution in [2.45, 2.75) is 6.42 Å². The van der Waals surface area contributed by atoms with Crippen molar-refractivity contribution in [1.82, 2.24) is 19.8 Å². The van der Waals surface area contributed by atoms with E-state index in [1.165, 1.54) is 32.3 Å². The molecule has 1 aromatic heterocycles. The summed E-state index contributed by atoms with van der Waals surface area (Å²) >= 11 is 6.36. The first kappa shape index (κ1) is 31.3. The molecule has 2 amide bonds. The van der Waals surface area contributed by atoms with Gasteiger partial charge in [0.15, 0.2) is 5.82 Å². The highest BCUT2D eigenvalue weighted by atomic mass is 35.5. The number of anilines is 5. The van der Waals surface area contributed by atoms with Gasteiger partial charge >= 0.3 is 0 Å². The third-order valence-electron chi connectivity index (χ3n) is 5.61. The second-order valence-corrected chi connectivity index (χ2v) is 9.78. The van der Waals surface area contributed by atoms with Crippen LogP contribution in [0.4, 0.5) is 28.8 Å². The largest absolute Gasteiger partial charge is 0.490 e. The highest BCUT2D eigenvalue weighted by Crippen LogP contribution is 2.31. The molecule has 0 unspecified atom stereocenters. The number of ketones is 1. The van der Waals surface area contributed by atoms with Crippen LogP contribution in [0.1, 0.15) is 16.8 Å². The van der Waals surface area contributed by atoms with Gasteiger partial charge in [-0.05, 0) is 44.4 Å². The van der Waals surface area contributed by atoms with E-state index in [2.05, 4.69) is 25.9 Å². The fraction of sp³-hybridized carbons (Fsp3) is 0.321. The minimum absolute atomic E-state index is 0.175. The minimum atomic E-state index is -0.672. The molecule has 2 aromatic carbocycles. The second-order valence-electron chi connectivity index (χ2n) is 9.37. The SMILES string of the molecule is COCCC(=O)Nc1cc(Nc2ncc(Cl)c(Nc3ccccc3C(=O)C(=O)N(C)C)n2)ccc1OCCN(C)C. The highest BCUT2D eigenvalue weighted by molar-refractivity contribution is 6.43. The highest BCUT2D eigenvalue weighted by Gasteiger charge is 2.22. The van der Waals surface area contributed by atoms with Crippen LogP contribution >= 0.6 is 11.6 Å². The Bertz CT molecular complexity index is 1380. The van der Waals surface area contributed by atoms with Crippen molar-refractivity contribution in [3.8, 4) is 5.75 Å². The zero-order chi connectivity index (χ0) is 29.9. The first-order chi connectivity index (χ1) is 19.6. The quantitative estimate of drug-likeness (QED) is 0.190. The molecule has 0 radical (unpaired) electrons. The van der Waals surface area contributed by atoms with E-state index >= 15 is 0 Å². The fourth-order valence-corrected chi connectivity index (χ4v) is 3.60. The Morgan fingerprint density at radius 1 is 0.976 bits per heavy atom. The lowest BCUT2D eigenvalue weighted by atomic mass is 10.1. The van der Waals surface area contributed by atoms with Gasteiger partial charge in [-0.15, -0.1) is 0 Å². The van der Waals surface area contributed by atoms with E-state index in [-0.39, 0.29) is 41.3 Å². The Morgan fingerprint density at radius 3 is 2.44 bits per heavy atom. The number of aromatic nitrogens is 2. The molecule has 0 atom stereocenters. The summed E-state index contributed by atoms with van der Waals surface area (Å²) in [5, 5.41) is 9.19. The maximum Gasteiger partial charge on any atom is 0.294 e. The molecule has 12 nitrogen and oxygen atoms in total. The fourth-order valence-electron chi connectivity index (χ4n) is 3.46. The van der Waals surface area contributed by atoms with Gasteiger partial charge in [0.05, 0.1) is 36.2 Å². The van der Waals surface area contributed by atoms with Crippen LogP contribution < -0.4 is 20.7 Å². The molecular weight excluding hydrogens is 550 g/mol. The summed E-state index contributed by atoms with van der Waals surface area (Å²) in [6, 6.07) is 11.8. The van der Waals surface area contributed by atoms with E-state index in [1.807, 2.05) is 19.0 Å². The summed E-state index contributed by atoms with van der Waals surface area (Å²) in [5.41, 5.74) is 1.58. The number of rotatable bonds is 14. The van der Waals surface area contributed by atoms with Crippen molar-refractivity contribution >= 4 is 58.0 Å². The van der Waals surface area contributed by atoms with Gasteiger partial charge in [-0.3, -0.25) is 14.4 Å². The average Bonchev–Trinajstić information content (AvgIpc) is 2.94. The number of likely N-dealkylation sites (N-methyl/N-ethyl adjacent to an activating group) is 2. The molecule has 0 saturated carbocycles. The zero-order valence-corrected chi connectivity index (χ0v) is 24.4. The van der Waals surface area contributed by atoms with E-state index in [4.69, 9.17) is 21.1 Å². The molecule has 0 aliphatic heterocycles. The summed E-state index contributed by atoms with van der Waals surface area (Å²) < 4.78 is 10.9. The number of nitrogens with zero attached hydrogens (tertiary/aromatic N) is 4. The van der Waals surface area contributed by atoms with Crippen LogP contribution in [0.2, 0.25) is 5.02 Å². The number of carbonyl (C=O) groups is 3. The van der Waals surface area contributed by atoms with E-state index in [1.54, 1.807) is 42.5 Å². The number of hydrogen-bond donors (Lipinski definition) is 3. The van der Waals surface area contributed by atoms with Gasteiger partial charge in [-0.25, -0.2) is 4.98 Å². The molecule has 13 heteroatoms. The van der Waals surface area contributed by atoms with Gasteiger partial charge in [-0.2, -0.15) is 4.98 Å². The van der Waals surface area contributed by atoms with Crippen LogP contribution in [0, 0.1) is 0 Å². The molecule has 0 bridgehead atoms. The van der Waals surface area contributed by atoms with Crippen LogP contribution in [0.5, 0.6) is 5.75 Å². The van der Waals surface area contributed by atoms with Crippen molar-refractivity contribution in [3.05, 3.63) is 59.2 Å². The van der Waals surface area contributed by atoms with Crippen molar-refractivity contribution < 1.29 is 23.9 Å². The number of carbonyl (C=O) groups excluding carboxylic acids is 3. The first-order valence-corrected chi connectivity index (χ1v) is 13.1. The van der Waals surface area contributed by atoms with Crippen LogP contribution in [0.3, 0.4) is 0 Å². The summed E-state index contributed by atoms with van der Waals surface area (Å²) in [7, 11) is 8.43. The van der Waals surface area contributed by atoms with E-state index in [0.29, 0.717) is 36.0 Å². The van der Waals surface area contributed by atoms with Gasteiger partial charge in [0, 0.05) is 33.4 Å². The molecule has 0 aliphatic carbocycles. The molecular formula is C28H34ClN7O5. The predicted octanol–water partition coefficient (Wildman–Crippen LogP) is 3.80. The van der Waals surface area contributed by atoms with Crippen LogP contribution in [-0.4, -0.2) is 92.4 Å². The number of benzene rings is 2. The number of amides is 2. The summed E-state index contributed by atoms with van der Waals surface area (Å²) in [6.07, 6.45) is 1.59. The molecule has 3 N–H and O–H groups in total. The summed E-state index contributed by atoms with van der Waals surface area (Å²) in [4.78, 5) is 49.3. The van der Waals surface area contributed by atoms with Crippen molar-refractivity contribution in [1.29, 1.82) is 0 Å². The average molecular weight is 584 g/mol. The van der Waals surface area contributed by atoms with E-state index in [9.17, 15) is 14.4 Å². The van der Waals surface area contributed by atoms with Crippen LogP contribution in [0.15, 0.2) is 48.7 Å². The maximum atomic E-state index is 12.7. The minimum Gasteiger partial charge on any atom is -0.490 e. The lowest BCUT2D eigenvalue weighted by Gasteiger charge is -2.17. The number of nitrogens with one attached hydrogen (secondary N) is 3. The Hall–Kier alpha value is -4.26. The maximum absolute atomic E-state index is 12.7. The van der Waals surface area contributed by atoms with Crippen molar-refractivity contribution in [3.63, 3.8) is 0 Å². The molecule has 0 fully saturated rings. The Balaban J connectivity index is 1.85. The molecule has 41 heavy (non-hydrogen) atoms. The Kier molecular flexibility index (Phi) is 11.4. The lowest BCUT2D eigenvalue weighted by Crippen LogP contribution is -2.30. The summed E-state index contributed by atoms with van der Waals surface area (Å²) in [6.45, 7) is 1.41. The third-order valence-corrected chi connectivity index (χ3v) is 5.88. The van der Waals surface area contributed by atoms with Gasteiger partial charge in [0.1, 0.15) is 17.4 Å². The monoisotopic (exact) mass is 583 g/mol.